The monoisotopic (exact) mass is 301 g/mol. The number of hydrogen-bond acceptors (Lipinski definition) is 2. The van der Waals surface area contributed by atoms with Gasteiger partial charge in [0.05, 0.1) is 16.0 Å². The molecule has 0 bridgehead atoms. The first-order valence-electron chi connectivity index (χ1n) is 7.71. The molecule has 21 heavy (non-hydrogen) atoms. The summed E-state index contributed by atoms with van der Waals surface area (Å²) in [7, 11) is -1.03. The van der Waals surface area contributed by atoms with E-state index in [0.717, 1.165) is 23.1 Å². The summed E-state index contributed by atoms with van der Waals surface area (Å²) in [5.74, 6) is 1.05. The highest BCUT2D eigenvalue weighted by Gasteiger charge is 2.36. The van der Waals surface area contributed by atoms with Crippen LogP contribution in [0.15, 0.2) is 47.4 Å². The van der Waals surface area contributed by atoms with Crippen LogP contribution in [0.1, 0.15) is 26.7 Å². The van der Waals surface area contributed by atoms with Crippen molar-refractivity contribution in [3.8, 4) is 0 Å². The van der Waals surface area contributed by atoms with Crippen molar-refractivity contribution in [2.24, 2.45) is 17.6 Å². The fraction of sp³-hybridized carbons (Fsp3) is 0.444. The highest BCUT2D eigenvalue weighted by Crippen LogP contribution is 2.33. The Bertz CT molecular complexity index is 657. The summed E-state index contributed by atoms with van der Waals surface area (Å²) in [4.78, 5) is 0.913. The molecule has 2 aromatic rings. The second-order valence-electron chi connectivity index (χ2n) is 6.49. The van der Waals surface area contributed by atoms with Crippen LogP contribution in [0.3, 0.4) is 0 Å². The molecule has 0 radical (unpaired) electrons. The minimum absolute atomic E-state index is 0.0380. The lowest BCUT2D eigenvalue weighted by molar-refractivity contribution is 0.275. The molecule has 2 N–H and O–H groups in total. The molecule has 1 fully saturated rings. The Hall–Kier alpha value is -1.19. The van der Waals surface area contributed by atoms with E-state index in [1.54, 1.807) is 0 Å². The third-order valence-electron chi connectivity index (χ3n) is 4.63. The van der Waals surface area contributed by atoms with Gasteiger partial charge in [-0.25, -0.2) is 0 Å². The van der Waals surface area contributed by atoms with Crippen molar-refractivity contribution >= 4 is 21.6 Å². The quantitative estimate of drug-likeness (QED) is 0.919. The Kier molecular flexibility index (Phi) is 4.14. The van der Waals surface area contributed by atoms with Gasteiger partial charge in [-0.2, -0.15) is 0 Å². The maximum Gasteiger partial charge on any atom is 0.0579 e. The van der Waals surface area contributed by atoms with E-state index in [4.69, 9.17) is 5.73 Å². The number of fused-ring (bicyclic) bond motifs is 1. The van der Waals surface area contributed by atoms with E-state index in [9.17, 15) is 4.21 Å². The maximum absolute atomic E-state index is 13.0. The standard InChI is InChI=1S/C18H23NOS/c1-12-9-13(2)18(17(19)10-12)21(20)16-8-7-14-5-3-4-6-15(14)11-16/h3-8,11-13,17-18H,9-10,19H2,1-2H3. The Morgan fingerprint density at radius 1 is 1.05 bits per heavy atom. The van der Waals surface area contributed by atoms with E-state index in [-0.39, 0.29) is 11.3 Å². The predicted molar refractivity (Wildman–Crippen MR) is 89.7 cm³/mol. The average molecular weight is 301 g/mol. The Morgan fingerprint density at radius 2 is 1.76 bits per heavy atom. The fourth-order valence-electron chi connectivity index (χ4n) is 3.71. The lowest BCUT2D eigenvalue weighted by Crippen LogP contribution is -2.47. The van der Waals surface area contributed by atoms with Crippen LogP contribution in [0, 0.1) is 11.8 Å². The summed E-state index contributed by atoms with van der Waals surface area (Å²) < 4.78 is 13.0. The minimum atomic E-state index is -1.03. The van der Waals surface area contributed by atoms with Gasteiger partial charge < -0.3 is 5.73 Å². The van der Waals surface area contributed by atoms with E-state index in [0.29, 0.717) is 11.8 Å². The van der Waals surface area contributed by atoms with E-state index < -0.39 is 10.8 Å². The van der Waals surface area contributed by atoms with Gasteiger partial charge in [0, 0.05) is 10.9 Å². The summed E-state index contributed by atoms with van der Waals surface area (Å²) in [5, 5.41) is 2.41. The van der Waals surface area contributed by atoms with Crippen LogP contribution in [0.25, 0.3) is 10.8 Å². The topological polar surface area (TPSA) is 43.1 Å². The summed E-state index contributed by atoms with van der Waals surface area (Å²) in [6.07, 6.45) is 2.10. The van der Waals surface area contributed by atoms with E-state index in [1.165, 1.54) is 5.39 Å². The lowest BCUT2D eigenvalue weighted by Gasteiger charge is -2.37. The van der Waals surface area contributed by atoms with Crippen LogP contribution >= 0.6 is 0 Å². The lowest BCUT2D eigenvalue weighted by atomic mass is 9.80. The second kappa shape index (κ2) is 5.90. The maximum atomic E-state index is 13.0. The summed E-state index contributed by atoms with van der Waals surface area (Å²) >= 11 is 0. The number of benzene rings is 2. The molecule has 3 heteroatoms. The van der Waals surface area contributed by atoms with Crippen molar-refractivity contribution in [1.29, 1.82) is 0 Å². The first kappa shape index (κ1) is 14.7. The number of rotatable bonds is 2. The van der Waals surface area contributed by atoms with Gasteiger partial charge in [0.1, 0.15) is 0 Å². The molecule has 5 unspecified atom stereocenters. The molecule has 2 aromatic carbocycles. The van der Waals surface area contributed by atoms with E-state index in [2.05, 4.69) is 38.1 Å². The first-order valence-corrected chi connectivity index (χ1v) is 8.92. The molecule has 112 valence electrons. The highest BCUT2D eigenvalue weighted by molar-refractivity contribution is 7.85. The van der Waals surface area contributed by atoms with Crippen molar-refractivity contribution in [2.45, 2.75) is 42.9 Å². The largest absolute Gasteiger partial charge is 0.327 e. The van der Waals surface area contributed by atoms with Gasteiger partial charge in [-0.3, -0.25) is 4.21 Å². The highest BCUT2D eigenvalue weighted by atomic mass is 32.2. The van der Waals surface area contributed by atoms with Gasteiger partial charge >= 0.3 is 0 Å². The number of hydrogen-bond donors (Lipinski definition) is 1. The smallest absolute Gasteiger partial charge is 0.0579 e. The molecule has 0 aliphatic heterocycles. The zero-order valence-electron chi connectivity index (χ0n) is 12.7. The molecular formula is C18H23NOS. The normalized spacial score (nSPS) is 31.2. The van der Waals surface area contributed by atoms with Crippen molar-refractivity contribution in [3.05, 3.63) is 42.5 Å². The molecule has 0 amide bonds. The Morgan fingerprint density at radius 3 is 2.48 bits per heavy atom. The minimum Gasteiger partial charge on any atom is -0.327 e. The molecule has 1 aliphatic carbocycles. The Balaban J connectivity index is 1.92. The molecule has 0 spiro atoms. The molecule has 5 atom stereocenters. The van der Waals surface area contributed by atoms with Crippen molar-refractivity contribution in [1.82, 2.24) is 0 Å². The summed E-state index contributed by atoms with van der Waals surface area (Å²) in [6.45, 7) is 4.44. The van der Waals surface area contributed by atoms with E-state index in [1.807, 2.05) is 18.2 Å². The van der Waals surface area contributed by atoms with Crippen molar-refractivity contribution in [2.75, 3.05) is 0 Å². The van der Waals surface area contributed by atoms with Crippen LogP contribution < -0.4 is 5.73 Å². The molecule has 0 saturated heterocycles. The zero-order valence-corrected chi connectivity index (χ0v) is 13.5. The second-order valence-corrected chi connectivity index (χ2v) is 8.10. The van der Waals surface area contributed by atoms with Gasteiger partial charge in [0.25, 0.3) is 0 Å². The van der Waals surface area contributed by atoms with Gasteiger partial charge in [-0.05, 0) is 47.6 Å². The van der Waals surface area contributed by atoms with Crippen LogP contribution in [-0.2, 0) is 10.8 Å². The van der Waals surface area contributed by atoms with Crippen LogP contribution in [0.5, 0.6) is 0 Å². The Labute approximate surface area is 129 Å². The van der Waals surface area contributed by atoms with Crippen molar-refractivity contribution < 1.29 is 4.21 Å². The molecule has 0 heterocycles. The fourth-order valence-corrected chi connectivity index (χ4v) is 5.43. The average Bonchev–Trinajstić information content (AvgIpc) is 2.45. The van der Waals surface area contributed by atoms with Crippen LogP contribution in [0.4, 0.5) is 0 Å². The summed E-state index contributed by atoms with van der Waals surface area (Å²) in [5.41, 5.74) is 6.32. The van der Waals surface area contributed by atoms with Gasteiger partial charge in [-0.15, -0.1) is 0 Å². The molecule has 1 aliphatic rings. The van der Waals surface area contributed by atoms with E-state index >= 15 is 0 Å². The zero-order chi connectivity index (χ0) is 15.0. The molecule has 3 rings (SSSR count). The molecular weight excluding hydrogens is 278 g/mol. The van der Waals surface area contributed by atoms with Crippen molar-refractivity contribution in [3.63, 3.8) is 0 Å². The number of nitrogens with two attached hydrogens (primary N) is 1. The molecule has 1 saturated carbocycles. The SMILES string of the molecule is CC1CC(C)C(S(=O)c2ccc3ccccc3c2)C(N)C1. The predicted octanol–water partition coefficient (Wildman–Crippen LogP) is 3.71. The van der Waals surface area contributed by atoms with Crippen LogP contribution in [-0.4, -0.2) is 15.5 Å². The first-order chi connectivity index (χ1) is 10.1. The third-order valence-corrected chi connectivity index (χ3v) is 6.66. The summed E-state index contributed by atoms with van der Waals surface area (Å²) in [6, 6.07) is 14.4. The van der Waals surface area contributed by atoms with Crippen LogP contribution in [0.2, 0.25) is 0 Å². The molecule has 0 aromatic heterocycles. The third kappa shape index (κ3) is 2.90. The van der Waals surface area contributed by atoms with Gasteiger partial charge in [0.2, 0.25) is 0 Å². The molecule has 2 nitrogen and oxygen atoms in total. The van der Waals surface area contributed by atoms with Gasteiger partial charge in [-0.1, -0.05) is 44.2 Å². The van der Waals surface area contributed by atoms with Gasteiger partial charge in [0.15, 0.2) is 0 Å².